The Morgan fingerprint density at radius 2 is 2.26 bits per heavy atom. The van der Waals surface area contributed by atoms with E-state index in [0.717, 1.165) is 28.0 Å². The van der Waals surface area contributed by atoms with Gasteiger partial charge in [-0.3, -0.25) is 9.97 Å². The van der Waals surface area contributed by atoms with Gasteiger partial charge in [-0.1, -0.05) is 6.92 Å². The molecule has 2 rings (SSSR count). The minimum Gasteiger partial charge on any atom is -0.495 e. The highest BCUT2D eigenvalue weighted by Crippen LogP contribution is 2.28. The summed E-state index contributed by atoms with van der Waals surface area (Å²) in [5.74, 6) is 0.772. The molecule has 0 bridgehead atoms. The number of methoxy groups -OCH3 is 1. The van der Waals surface area contributed by atoms with Gasteiger partial charge >= 0.3 is 0 Å². The van der Waals surface area contributed by atoms with Crippen molar-refractivity contribution in [3.05, 3.63) is 52.5 Å². The number of halogens is 1. The Labute approximate surface area is 121 Å². The molecule has 1 N–H and O–H groups in total. The summed E-state index contributed by atoms with van der Waals surface area (Å²) in [6.45, 7) is 2.89. The smallest absolute Gasteiger partial charge is 0.142 e. The summed E-state index contributed by atoms with van der Waals surface area (Å²) < 4.78 is 6.34. The van der Waals surface area contributed by atoms with Crippen molar-refractivity contribution in [3.8, 4) is 5.75 Å². The summed E-state index contributed by atoms with van der Waals surface area (Å²) in [7, 11) is 1.66. The Hall–Kier alpha value is -1.46. The first kappa shape index (κ1) is 14.0. The first-order valence-electron chi connectivity index (χ1n) is 6.09. The fourth-order valence-corrected chi connectivity index (χ4v) is 2.34. The standard InChI is InChI=1S/C14H16BrN3O/c1-3-17-13(10-7-11(15)9-16-8-10)14-12(19-2)5-4-6-18-14/h4-9,13,17H,3H2,1-2H3. The second-order valence-electron chi connectivity index (χ2n) is 4.02. The van der Waals surface area contributed by atoms with E-state index in [1.165, 1.54) is 0 Å². The summed E-state index contributed by atoms with van der Waals surface area (Å²) in [4.78, 5) is 8.66. The number of ether oxygens (including phenoxy) is 1. The van der Waals surface area contributed by atoms with Crippen LogP contribution in [0.2, 0.25) is 0 Å². The number of nitrogens with one attached hydrogen (secondary N) is 1. The van der Waals surface area contributed by atoms with E-state index in [1.54, 1.807) is 19.5 Å². The Morgan fingerprint density at radius 3 is 2.95 bits per heavy atom. The maximum Gasteiger partial charge on any atom is 0.142 e. The van der Waals surface area contributed by atoms with Crippen molar-refractivity contribution in [2.24, 2.45) is 0 Å². The summed E-state index contributed by atoms with van der Waals surface area (Å²) in [5, 5.41) is 3.41. The van der Waals surface area contributed by atoms with Crippen LogP contribution >= 0.6 is 15.9 Å². The minimum atomic E-state index is -0.0360. The van der Waals surface area contributed by atoms with Gasteiger partial charge in [0.05, 0.1) is 13.2 Å². The average Bonchev–Trinajstić information content (AvgIpc) is 2.45. The molecule has 1 unspecified atom stereocenters. The molecule has 2 heterocycles. The van der Waals surface area contributed by atoms with Crippen LogP contribution in [0.15, 0.2) is 41.3 Å². The highest BCUT2D eigenvalue weighted by molar-refractivity contribution is 9.10. The van der Waals surface area contributed by atoms with E-state index in [4.69, 9.17) is 4.74 Å². The molecule has 0 amide bonds. The maximum absolute atomic E-state index is 5.39. The Kier molecular flexibility index (Phi) is 4.87. The van der Waals surface area contributed by atoms with Crippen LogP contribution < -0.4 is 10.1 Å². The highest BCUT2D eigenvalue weighted by atomic mass is 79.9. The van der Waals surface area contributed by atoms with Gasteiger partial charge in [-0.15, -0.1) is 0 Å². The molecule has 4 nitrogen and oxygen atoms in total. The molecule has 0 spiro atoms. The summed E-state index contributed by atoms with van der Waals surface area (Å²) in [5.41, 5.74) is 1.92. The van der Waals surface area contributed by atoms with Crippen LogP contribution in [-0.4, -0.2) is 23.6 Å². The lowest BCUT2D eigenvalue weighted by molar-refractivity contribution is 0.400. The second-order valence-corrected chi connectivity index (χ2v) is 4.93. The van der Waals surface area contributed by atoms with E-state index in [-0.39, 0.29) is 6.04 Å². The molecular weight excluding hydrogens is 306 g/mol. The molecular formula is C14H16BrN3O. The third-order valence-electron chi connectivity index (χ3n) is 2.76. The molecule has 5 heteroatoms. The molecule has 0 saturated heterocycles. The van der Waals surface area contributed by atoms with Gasteiger partial charge in [0, 0.05) is 23.1 Å². The Bertz CT molecular complexity index is 548. The van der Waals surface area contributed by atoms with Gasteiger partial charge in [-0.05, 0) is 46.2 Å². The number of nitrogens with zero attached hydrogens (tertiary/aromatic N) is 2. The third kappa shape index (κ3) is 3.30. The molecule has 0 saturated carbocycles. The van der Waals surface area contributed by atoms with Crippen LogP contribution in [0.4, 0.5) is 0 Å². The summed E-state index contributed by atoms with van der Waals surface area (Å²) >= 11 is 3.45. The Morgan fingerprint density at radius 1 is 1.42 bits per heavy atom. The number of hydrogen-bond acceptors (Lipinski definition) is 4. The molecule has 2 aromatic rings. The quantitative estimate of drug-likeness (QED) is 0.919. The maximum atomic E-state index is 5.39. The van der Waals surface area contributed by atoms with E-state index >= 15 is 0 Å². The van der Waals surface area contributed by atoms with Gasteiger partial charge in [0.25, 0.3) is 0 Å². The molecule has 0 aromatic carbocycles. The van der Waals surface area contributed by atoms with Crippen LogP contribution in [0.25, 0.3) is 0 Å². The SMILES string of the molecule is CCNC(c1cncc(Br)c1)c1ncccc1OC. The second kappa shape index (κ2) is 6.63. The number of rotatable bonds is 5. The fraction of sp³-hybridized carbons (Fsp3) is 0.286. The van der Waals surface area contributed by atoms with Crippen molar-refractivity contribution in [2.45, 2.75) is 13.0 Å². The Balaban J connectivity index is 2.45. The van der Waals surface area contributed by atoms with Gasteiger partial charge in [0.2, 0.25) is 0 Å². The molecule has 100 valence electrons. The monoisotopic (exact) mass is 321 g/mol. The van der Waals surface area contributed by atoms with E-state index in [2.05, 4.69) is 38.1 Å². The largest absolute Gasteiger partial charge is 0.495 e. The van der Waals surface area contributed by atoms with Crippen molar-refractivity contribution in [1.29, 1.82) is 0 Å². The third-order valence-corrected chi connectivity index (χ3v) is 3.19. The molecule has 0 aliphatic carbocycles. The lowest BCUT2D eigenvalue weighted by atomic mass is 10.0. The fourth-order valence-electron chi connectivity index (χ4n) is 1.95. The van der Waals surface area contributed by atoms with Gasteiger partial charge in [0.1, 0.15) is 11.4 Å². The molecule has 19 heavy (non-hydrogen) atoms. The van der Waals surface area contributed by atoms with E-state index in [0.29, 0.717) is 0 Å². The van der Waals surface area contributed by atoms with Crippen LogP contribution in [0.5, 0.6) is 5.75 Å². The van der Waals surface area contributed by atoms with Crippen molar-refractivity contribution >= 4 is 15.9 Å². The first-order valence-corrected chi connectivity index (χ1v) is 6.88. The normalized spacial score (nSPS) is 12.2. The highest BCUT2D eigenvalue weighted by Gasteiger charge is 2.19. The summed E-state index contributed by atoms with van der Waals surface area (Å²) in [6.07, 6.45) is 5.38. The predicted octanol–water partition coefficient (Wildman–Crippen LogP) is 2.95. The lowest BCUT2D eigenvalue weighted by Gasteiger charge is -2.19. The number of hydrogen-bond donors (Lipinski definition) is 1. The zero-order chi connectivity index (χ0) is 13.7. The van der Waals surface area contributed by atoms with Crippen LogP contribution in [-0.2, 0) is 0 Å². The zero-order valence-corrected chi connectivity index (χ0v) is 12.5. The summed E-state index contributed by atoms with van der Waals surface area (Å²) in [6, 6.07) is 5.78. The van der Waals surface area contributed by atoms with E-state index < -0.39 is 0 Å². The molecule has 0 radical (unpaired) electrons. The zero-order valence-electron chi connectivity index (χ0n) is 10.9. The van der Waals surface area contributed by atoms with Gasteiger partial charge in [-0.2, -0.15) is 0 Å². The average molecular weight is 322 g/mol. The van der Waals surface area contributed by atoms with E-state index in [9.17, 15) is 0 Å². The molecule has 2 aromatic heterocycles. The predicted molar refractivity (Wildman–Crippen MR) is 78.2 cm³/mol. The van der Waals surface area contributed by atoms with Gasteiger partial charge in [-0.25, -0.2) is 0 Å². The van der Waals surface area contributed by atoms with Crippen LogP contribution in [0, 0.1) is 0 Å². The van der Waals surface area contributed by atoms with Crippen molar-refractivity contribution < 1.29 is 4.74 Å². The van der Waals surface area contributed by atoms with Crippen LogP contribution in [0.3, 0.4) is 0 Å². The number of aromatic nitrogens is 2. The van der Waals surface area contributed by atoms with Gasteiger partial charge < -0.3 is 10.1 Å². The minimum absolute atomic E-state index is 0.0360. The molecule has 1 atom stereocenters. The van der Waals surface area contributed by atoms with Gasteiger partial charge in [0.15, 0.2) is 0 Å². The van der Waals surface area contributed by atoms with Crippen LogP contribution in [0.1, 0.15) is 24.2 Å². The van der Waals surface area contributed by atoms with E-state index in [1.807, 2.05) is 24.4 Å². The number of pyridine rings is 2. The molecule has 0 aliphatic rings. The molecule has 0 fully saturated rings. The first-order chi connectivity index (χ1) is 9.26. The lowest BCUT2D eigenvalue weighted by Crippen LogP contribution is -2.23. The van der Waals surface area contributed by atoms with Crippen molar-refractivity contribution in [2.75, 3.05) is 13.7 Å². The topological polar surface area (TPSA) is 47.0 Å². The molecule has 0 aliphatic heterocycles. The van der Waals surface area contributed by atoms with Crippen molar-refractivity contribution in [1.82, 2.24) is 15.3 Å². The van der Waals surface area contributed by atoms with Crippen molar-refractivity contribution in [3.63, 3.8) is 0 Å².